The second kappa shape index (κ2) is 2.05. The Balaban J connectivity index is 2.14. The Morgan fingerprint density at radius 3 is 2.90 bits per heavy atom. The van der Waals surface area contributed by atoms with E-state index < -0.39 is 0 Å². The summed E-state index contributed by atoms with van der Waals surface area (Å²) in [6.07, 6.45) is 3.17. The maximum absolute atomic E-state index is 9.16. The minimum Gasteiger partial charge on any atom is -0.392 e. The van der Waals surface area contributed by atoms with Gasteiger partial charge in [-0.15, -0.1) is 5.10 Å². The van der Waals surface area contributed by atoms with Crippen molar-refractivity contribution in [2.75, 3.05) is 0 Å². The highest BCUT2D eigenvalue weighted by Crippen LogP contribution is 2.35. The summed E-state index contributed by atoms with van der Waals surface area (Å²) in [6, 6.07) is 0. The zero-order chi connectivity index (χ0) is 6.97. The predicted molar refractivity (Wildman–Crippen MR) is 32.3 cm³/mol. The number of rotatable bonds is 1. The van der Waals surface area contributed by atoms with Crippen LogP contribution in [0.15, 0.2) is 10.7 Å². The fourth-order valence-electron chi connectivity index (χ4n) is 1.15. The Morgan fingerprint density at radius 1 is 1.60 bits per heavy atom. The Kier molecular flexibility index (Phi) is 1.20. The van der Waals surface area contributed by atoms with Gasteiger partial charge in [0, 0.05) is 11.2 Å². The third kappa shape index (κ3) is 0.724. The lowest BCUT2D eigenvalue weighted by molar-refractivity contribution is 0.0528. The molecule has 0 aliphatic heterocycles. The maximum Gasteiger partial charge on any atom is 0.162 e. The first kappa shape index (κ1) is 5.85. The predicted octanol–water partition coefficient (Wildman–Crippen LogP) is 0.308. The smallest absolute Gasteiger partial charge is 0.162 e. The van der Waals surface area contributed by atoms with Crippen molar-refractivity contribution in [1.82, 2.24) is 10.4 Å². The summed E-state index contributed by atoms with van der Waals surface area (Å²) in [7, 11) is 0. The average molecular weight is 140 g/mol. The van der Waals surface area contributed by atoms with Crippen LogP contribution in [0, 0.1) is 0 Å². The summed E-state index contributed by atoms with van der Waals surface area (Å²) in [5, 5.41) is 16.0. The van der Waals surface area contributed by atoms with Crippen LogP contribution in [0.2, 0.25) is 0 Å². The molecular formula is C6H8N2O2. The monoisotopic (exact) mass is 140 g/mol. The molecule has 1 fully saturated rings. The molecule has 1 aromatic rings. The molecule has 0 amide bonds. The normalized spacial score (nSPS) is 31.7. The molecule has 1 aromatic heterocycles. The third-order valence-corrected chi connectivity index (χ3v) is 1.98. The second-order valence-corrected chi connectivity index (χ2v) is 2.57. The minimum atomic E-state index is -0.241. The van der Waals surface area contributed by atoms with Crippen LogP contribution in [0.25, 0.3) is 0 Å². The molecule has 1 heterocycles. The molecule has 1 N–H and O–H groups in total. The molecule has 4 nitrogen and oxygen atoms in total. The van der Waals surface area contributed by atoms with Crippen LogP contribution in [0.3, 0.4) is 0 Å². The fraction of sp³-hybridized carbons (Fsp3) is 0.667. The van der Waals surface area contributed by atoms with E-state index in [0.29, 0.717) is 5.76 Å². The number of aliphatic hydroxyl groups excluding tert-OH is 1. The van der Waals surface area contributed by atoms with Gasteiger partial charge in [-0.2, -0.15) is 0 Å². The molecule has 0 aromatic carbocycles. The summed E-state index contributed by atoms with van der Waals surface area (Å²) < 4.78 is 4.79. The van der Waals surface area contributed by atoms with Crippen LogP contribution in [0.1, 0.15) is 24.5 Å². The van der Waals surface area contributed by atoms with E-state index in [1.807, 2.05) is 0 Å². The zero-order valence-electron chi connectivity index (χ0n) is 5.40. The molecular weight excluding hydrogens is 132 g/mol. The van der Waals surface area contributed by atoms with Crippen molar-refractivity contribution in [3.8, 4) is 0 Å². The number of hydrogen-bond acceptors (Lipinski definition) is 4. The first-order valence-electron chi connectivity index (χ1n) is 3.33. The molecule has 54 valence electrons. The van der Waals surface area contributed by atoms with Gasteiger partial charge in [0.05, 0.1) is 12.3 Å². The highest BCUT2D eigenvalue weighted by atomic mass is 16.5. The van der Waals surface area contributed by atoms with Crippen molar-refractivity contribution in [3.05, 3.63) is 12.0 Å². The van der Waals surface area contributed by atoms with Crippen molar-refractivity contribution in [1.29, 1.82) is 0 Å². The number of nitrogens with zero attached hydrogens (tertiary/aromatic N) is 2. The fourth-order valence-corrected chi connectivity index (χ4v) is 1.15. The van der Waals surface area contributed by atoms with Gasteiger partial charge < -0.3 is 9.63 Å². The molecule has 1 aliphatic rings. The Bertz CT molecular complexity index is 210. The molecule has 1 saturated carbocycles. The van der Waals surface area contributed by atoms with Gasteiger partial charge >= 0.3 is 0 Å². The lowest BCUT2D eigenvalue weighted by atomic mass is 9.81. The van der Waals surface area contributed by atoms with Gasteiger partial charge in [-0.3, -0.25) is 0 Å². The summed E-state index contributed by atoms with van der Waals surface area (Å²) in [5.41, 5.74) is 0. The third-order valence-electron chi connectivity index (χ3n) is 1.98. The van der Waals surface area contributed by atoms with Gasteiger partial charge in [-0.1, -0.05) is 0 Å². The molecule has 0 bridgehead atoms. The van der Waals surface area contributed by atoms with Gasteiger partial charge in [0.15, 0.2) is 5.76 Å². The SMILES string of the molecule is OC1CCC1c1cnno1. The molecule has 4 heteroatoms. The molecule has 0 spiro atoms. The Labute approximate surface area is 57.8 Å². The second-order valence-electron chi connectivity index (χ2n) is 2.57. The lowest BCUT2D eigenvalue weighted by Gasteiger charge is -2.29. The summed E-state index contributed by atoms with van der Waals surface area (Å²) in [4.78, 5) is 0. The number of aromatic nitrogens is 2. The summed E-state index contributed by atoms with van der Waals surface area (Å²) >= 11 is 0. The molecule has 2 unspecified atom stereocenters. The quantitative estimate of drug-likeness (QED) is 0.609. The molecule has 2 rings (SSSR count). The molecule has 2 atom stereocenters. The van der Waals surface area contributed by atoms with E-state index in [0.717, 1.165) is 12.8 Å². The van der Waals surface area contributed by atoms with Crippen molar-refractivity contribution >= 4 is 0 Å². The summed E-state index contributed by atoms with van der Waals surface area (Å²) in [5.74, 6) is 0.855. The largest absolute Gasteiger partial charge is 0.392 e. The van der Waals surface area contributed by atoms with E-state index in [1.54, 1.807) is 6.20 Å². The zero-order valence-corrected chi connectivity index (χ0v) is 5.40. The highest BCUT2D eigenvalue weighted by molar-refractivity contribution is 5.05. The van der Waals surface area contributed by atoms with E-state index in [2.05, 4.69) is 10.4 Å². The molecule has 0 radical (unpaired) electrons. The van der Waals surface area contributed by atoms with Crippen LogP contribution in [-0.2, 0) is 0 Å². The topological polar surface area (TPSA) is 59.2 Å². The Hall–Kier alpha value is -0.900. The van der Waals surface area contributed by atoms with Crippen LogP contribution in [0.4, 0.5) is 0 Å². The van der Waals surface area contributed by atoms with Gasteiger partial charge in [-0.25, -0.2) is 0 Å². The van der Waals surface area contributed by atoms with Crippen molar-refractivity contribution in [2.45, 2.75) is 24.9 Å². The first-order chi connectivity index (χ1) is 4.88. The molecule has 1 aliphatic carbocycles. The van der Waals surface area contributed by atoms with E-state index in [1.165, 1.54) is 0 Å². The van der Waals surface area contributed by atoms with E-state index in [9.17, 15) is 0 Å². The minimum absolute atomic E-state index is 0.148. The molecule has 10 heavy (non-hydrogen) atoms. The van der Waals surface area contributed by atoms with Crippen molar-refractivity contribution in [3.63, 3.8) is 0 Å². The average Bonchev–Trinajstić information content (AvgIpc) is 2.37. The van der Waals surface area contributed by atoms with Gasteiger partial charge in [0.1, 0.15) is 0 Å². The van der Waals surface area contributed by atoms with E-state index in [4.69, 9.17) is 9.63 Å². The maximum atomic E-state index is 9.16. The van der Waals surface area contributed by atoms with Crippen LogP contribution < -0.4 is 0 Å². The van der Waals surface area contributed by atoms with Crippen molar-refractivity contribution in [2.24, 2.45) is 0 Å². The van der Waals surface area contributed by atoms with Gasteiger partial charge in [0.25, 0.3) is 0 Å². The van der Waals surface area contributed by atoms with E-state index in [-0.39, 0.29) is 12.0 Å². The summed E-state index contributed by atoms with van der Waals surface area (Å²) in [6.45, 7) is 0. The first-order valence-corrected chi connectivity index (χ1v) is 3.33. The van der Waals surface area contributed by atoms with Gasteiger partial charge in [-0.05, 0) is 12.8 Å². The van der Waals surface area contributed by atoms with Crippen LogP contribution >= 0.6 is 0 Å². The van der Waals surface area contributed by atoms with Crippen LogP contribution in [0.5, 0.6) is 0 Å². The van der Waals surface area contributed by atoms with Gasteiger partial charge in [0.2, 0.25) is 0 Å². The number of hydrogen-bond donors (Lipinski definition) is 1. The van der Waals surface area contributed by atoms with E-state index >= 15 is 0 Å². The van der Waals surface area contributed by atoms with Crippen LogP contribution in [-0.4, -0.2) is 21.6 Å². The lowest BCUT2D eigenvalue weighted by Crippen LogP contribution is -2.28. The Morgan fingerprint density at radius 2 is 2.50 bits per heavy atom. The number of aliphatic hydroxyl groups is 1. The highest BCUT2D eigenvalue weighted by Gasteiger charge is 2.33. The standard InChI is InChI=1S/C6H8N2O2/c9-5-2-1-4(5)6-3-7-8-10-6/h3-5,9H,1-2H2. The molecule has 0 saturated heterocycles. The van der Waals surface area contributed by atoms with Crippen molar-refractivity contribution < 1.29 is 9.63 Å².